The second kappa shape index (κ2) is 6.02. The van der Waals surface area contributed by atoms with Crippen molar-refractivity contribution in [1.82, 2.24) is 24.1 Å². The minimum absolute atomic E-state index is 0.0289. The maximum Gasteiger partial charge on any atom is 0.227 e. The molecule has 8 heteroatoms. The lowest BCUT2D eigenvalue weighted by Gasteiger charge is -2.08. The van der Waals surface area contributed by atoms with Crippen molar-refractivity contribution in [3.63, 3.8) is 0 Å². The number of imidazole rings is 1. The Labute approximate surface area is 157 Å². The molecular formula is C19H19N5O2S. The smallest absolute Gasteiger partial charge is 0.227 e. The first kappa shape index (κ1) is 17.4. The van der Waals surface area contributed by atoms with E-state index in [4.69, 9.17) is 0 Å². The highest BCUT2D eigenvalue weighted by Gasteiger charge is 2.27. The van der Waals surface area contributed by atoms with E-state index in [2.05, 4.69) is 15.0 Å². The SMILES string of the molecule is Cc1cn(-c2cnc(S(=O)(=O)c3cn(C)c4cccc(C)c34)c(C)n2)cn1. The zero-order valence-corrected chi connectivity index (χ0v) is 16.3. The molecule has 0 aliphatic heterocycles. The van der Waals surface area contributed by atoms with Gasteiger partial charge in [-0.25, -0.2) is 23.4 Å². The van der Waals surface area contributed by atoms with Crippen molar-refractivity contribution >= 4 is 20.7 Å². The first-order valence-corrected chi connectivity index (χ1v) is 9.91. The Hall–Kier alpha value is -3.00. The summed E-state index contributed by atoms with van der Waals surface area (Å²) in [6, 6.07) is 5.73. The Morgan fingerprint density at radius 3 is 2.48 bits per heavy atom. The molecule has 0 N–H and O–H groups in total. The topological polar surface area (TPSA) is 82.7 Å². The predicted molar refractivity (Wildman–Crippen MR) is 102 cm³/mol. The van der Waals surface area contributed by atoms with Crippen LogP contribution in [0, 0.1) is 20.8 Å². The molecule has 0 radical (unpaired) electrons. The summed E-state index contributed by atoms with van der Waals surface area (Å²) in [6.07, 6.45) is 6.53. The minimum atomic E-state index is -3.81. The fourth-order valence-corrected chi connectivity index (χ4v) is 4.94. The fraction of sp³-hybridized carbons (Fsp3) is 0.211. The molecule has 0 unspecified atom stereocenters. The minimum Gasteiger partial charge on any atom is -0.349 e. The van der Waals surface area contributed by atoms with Crippen molar-refractivity contribution in [2.24, 2.45) is 7.05 Å². The van der Waals surface area contributed by atoms with Gasteiger partial charge in [0.05, 0.1) is 22.5 Å². The lowest BCUT2D eigenvalue weighted by Crippen LogP contribution is -2.10. The standard InChI is InChI=1S/C19H19N5O2S/c1-12-6-5-7-15-18(12)16(10-23(15)4)27(25,26)19-14(3)22-17(8-20-19)24-9-13(2)21-11-24/h5-11H,1-4H3. The Morgan fingerprint density at radius 1 is 1.04 bits per heavy atom. The van der Waals surface area contributed by atoms with Gasteiger partial charge < -0.3 is 4.57 Å². The number of sulfone groups is 1. The lowest BCUT2D eigenvalue weighted by molar-refractivity contribution is 0.590. The van der Waals surface area contributed by atoms with Crippen molar-refractivity contribution in [2.45, 2.75) is 30.7 Å². The number of hydrogen-bond donors (Lipinski definition) is 0. The molecule has 0 spiro atoms. The molecule has 0 amide bonds. The van der Waals surface area contributed by atoms with Gasteiger partial charge in [0.25, 0.3) is 0 Å². The van der Waals surface area contributed by atoms with E-state index in [0.717, 1.165) is 22.2 Å². The number of rotatable bonds is 3. The van der Waals surface area contributed by atoms with E-state index in [1.165, 1.54) is 6.20 Å². The highest BCUT2D eigenvalue weighted by Crippen LogP contribution is 2.32. The van der Waals surface area contributed by atoms with E-state index in [1.54, 1.807) is 24.0 Å². The van der Waals surface area contributed by atoms with Gasteiger partial charge in [-0.1, -0.05) is 12.1 Å². The average Bonchev–Trinajstić information content (AvgIpc) is 3.20. The molecule has 138 valence electrons. The number of benzene rings is 1. The summed E-state index contributed by atoms with van der Waals surface area (Å²) in [5, 5.41) is 0.689. The molecule has 3 aromatic heterocycles. The number of nitrogens with zero attached hydrogens (tertiary/aromatic N) is 5. The van der Waals surface area contributed by atoms with Gasteiger partial charge in [0, 0.05) is 30.3 Å². The van der Waals surface area contributed by atoms with E-state index in [-0.39, 0.29) is 9.92 Å². The quantitative estimate of drug-likeness (QED) is 0.545. The third kappa shape index (κ3) is 2.73. The average molecular weight is 381 g/mol. The molecule has 0 bridgehead atoms. The van der Waals surface area contributed by atoms with Crippen LogP contribution in [0.3, 0.4) is 0 Å². The van der Waals surface area contributed by atoms with E-state index < -0.39 is 9.84 Å². The summed E-state index contributed by atoms with van der Waals surface area (Å²) < 4.78 is 30.2. The van der Waals surface area contributed by atoms with Crippen molar-refractivity contribution in [3.05, 3.63) is 60.1 Å². The van der Waals surface area contributed by atoms with Crippen LogP contribution in [0.5, 0.6) is 0 Å². The number of aromatic nitrogens is 5. The summed E-state index contributed by atoms with van der Waals surface area (Å²) >= 11 is 0. The van der Waals surface area contributed by atoms with E-state index in [1.807, 2.05) is 49.9 Å². The van der Waals surface area contributed by atoms with Crippen molar-refractivity contribution in [3.8, 4) is 5.82 Å². The molecule has 4 aromatic rings. The van der Waals surface area contributed by atoms with Gasteiger partial charge in [0.2, 0.25) is 9.84 Å². The highest BCUT2D eigenvalue weighted by molar-refractivity contribution is 7.91. The maximum absolute atomic E-state index is 13.4. The Balaban J connectivity index is 1.88. The molecular weight excluding hydrogens is 362 g/mol. The van der Waals surface area contributed by atoms with Crippen molar-refractivity contribution in [1.29, 1.82) is 0 Å². The van der Waals surface area contributed by atoms with Crippen LogP contribution in [0.15, 0.2) is 53.0 Å². The van der Waals surface area contributed by atoms with Gasteiger partial charge in [0.15, 0.2) is 10.8 Å². The van der Waals surface area contributed by atoms with Gasteiger partial charge in [0.1, 0.15) is 6.33 Å². The Bertz CT molecular complexity index is 1280. The van der Waals surface area contributed by atoms with Crippen LogP contribution in [-0.4, -0.2) is 32.5 Å². The highest BCUT2D eigenvalue weighted by atomic mass is 32.2. The first-order chi connectivity index (χ1) is 12.8. The van der Waals surface area contributed by atoms with Gasteiger partial charge in [-0.3, -0.25) is 4.57 Å². The van der Waals surface area contributed by atoms with Crippen LogP contribution in [0.1, 0.15) is 17.0 Å². The Kier molecular flexibility index (Phi) is 3.88. The zero-order chi connectivity index (χ0) is 19.3. The molecule has 27 heavy (non-hydrogen) atoms. The van der Waals surface area contributed by atoms with Crippen LogP contribution < -0.4 is 0 Å². The molecule has 0 aliphatic rings. The van der Waals surface area contributed by atoms with E-state index >= 15 is 0 Å². The van der Waals surface area contributed by atoms with Crippen LogP contribution in [0.2, 0.25) is 0 Å². The molecule has 0 fully saturated rings. The second-order valence-corrected chi connectivity index (χ2v) is 8.45. The van der Waals surface area contributed by atoms with E-state index in [9.17, 15) is 8.42 Å². The summed E-state index contributed by atoms with van der Waals surface area (Å²) in [5.41, 5.74) is 2.97. The fourth-order valence-electron chi connectivity index (χ4n) is 3.28. The molecule has 0 saturated carbocycles. The van der Waals surface area contributed by atoms with Gasteiger partial charge in [-0.2, -0.15) is 0 Å². The molecule has 0 saturated heterocycles. The summed E-state index contributed by atoms with van der Waals surface area (Å²) in [7, 11) is -1.97. The van der Waals surface area contributed by atoms with Crippen LogP contribution in [0.25, 0.3) is 16.7 Å². The number of hydrogen-bond acceptors (Lipinski definition) is 5. The molecule has 3 heterocycles. The first-order valence-electron chi connectivity index (χ1n) is 8.43. The molecule has 0 atom stereocenters. The van der Waals surface area contributed by atoms with Gasteiger partial charge >= 0.3 is 0 Å². The summed E-state index contributed by atoms with van der Waals surface area (Å²) in [5.74, 6) is 0.529. The third-order valence-corrected chi connectivity index (χ3v) is 6.40. The van der Waals surface area contributed by atoms with Crippen LogP contribution in [-0.2, 0) is 16.9 Å². The lowest BCUT2D eigenvalue weighted by atomic mass is 10.1. The normalized spacial score (nSPS) is 12.0. The molecule has 4 rings (SSSR count). The van der Waals surface area contributed by atoms with Crippen molar-refractivity contribution < 1.29 is 8.42 Å². The largest absolute Gasteiger partial charge is 0.349 e. The van der Waals surface area contributed by atoms with Gasteiger partial charge in [-0.05, 0) is 32.4 Å². The van der Waals surface area contributed by atoms with Crippen LogP contribution in [0.4, 0.5) is 0 Å². The molecule has 1 aromatic carbocycles. The zero-order valence-electron chi connectivity index (χ0n) is 15.5. The third-order valence-electron chi connectivity index (χ3n) is 4.60. The monoisotopic (exact) mass is 381 g/mol. The van der Waals surface area contributed by atoms with Gasteiger partial charge in [-0.15, -0.1) is 0 Å². The Morgan fingerprint density at radius 2 is 1.81 bits per heavy atom. The number of aryl methyl sites for hydroxylation is 4. The second-order valence-electron chi connectivity index (χ2n) is 6.62. The van der Waals surface area contributed by atoms with Crippen LogP contribution >= 0.6 is 0 Å². The van der Waals surface area contributed by atoms with E-state index in [0.29, 0.717) is 11.5 Å². The van der Waals surface area contributed by atoms with Crippen molar-refractivity contribution in [2.75, 3.05) is 0 Å². The number of fused-ring (bicyclic) bond motifs is 1. The maximum atomic E-state index is 13.4. The molecule has 0 aliphatic carbocycles. The predicted octanol–water partition coefficient (Wildman–Crippen LogP) is 2.91. The molecule has 7 nitrogen and oxygen atoms in total. The summed E-state index contributed by atoms with van der Waals surface area (Å²) in [4.78, 5) is 13.1. The summed E-state index contributed by atoms with van der Waals surface area (Å²) in [6.45, 7) is 5.44.